The second kappa shape index (κ2) is 16.0. The molecule has 0 bridgehead atoms. The maximum absolute atomic E-state index is 9.47. The van der Waals surface area contributed by atoms with Crippen molar-refractivity contribution in [3.8, 4) is 44.9 Å². The lowest BCUT2D eigenvalue weighted by atomic mass is 9.63. The second-order valence-electron chi connectivity index (χ2n) is 17.4. The predicted octanol–water partition coefficient (Wildman–Crippen LogP) is 13.1. The van der Waals surface area contributed by atoms with Gasteiger partial charge in [0.25, 0.3) is 0 Å². The number of aliphatic hydroxyl groups is 2. The van der Waals surface area contributed by atoms with E-state index in [0.29, 0.717) is 0 Å². The first-order valence-electron chi connectivity index (χ1n) is 22.8. The number of benzene rings is 10. The Labute approximate surface area is 384 Å². The third kappa shape index (κ3) is 5.92. The van der Waals surface area contributed by atoms with E-state index in [1.54, 1.807) is 0 Å². The van der Waals surface area contributed by atoms with Crippen molar-refractivity contribution in [2.45, 2.75) is 10.8 Å². The number of fused-ring (bicyclic) bond motifs is 8. The predicted molar refractivity (Wildman–Crippen MR) is 267 cm³/mol. The summed E-state index contributed by atoms with van der Waals surface area (Å²) in [6, 6.07) is 80.2. The fraction of sp³-hybridized carbons (Fsp3) is 0.0968. The van der Waals surface area contributed by atoms with Crippen LogP contribution in [0.25, 0.3) is 54.9 Å². The lowest BCUT2D eigenvalue weighted by molar-refractivity contribution is 0.201. The number of hydrogen-bond donors (Lipinski definition) is 2. The van der Waals surface area contributed by atoms with Gasteiger partial charge in [0, 0.05) is 0 Å². The summed E-state index contributed by atoms with van der Waals surface area (Å²) in [6.07, 6.45) is 0. The van der Waals surface area contributed by atoms with Crippen LogP contribution in [-0.4, -0.2) is 36.6 Å². The van der Waals surface area contributed by atoms with Crippen LogP contribution in [0.2, 0.25) is 0 Å². The average Bonchev–Trinajstić information content (AvgIpc) is 3.85. The number of ether oxygens (including phenoxy) is 2. The van der Waals surface area contributed by atoms with Crippen LogP contribution in [0, 0.1) is 0 Å². The molecule has 10 aromatic carbocycles. The lowest BCUT2D eigenvalue weighted by Crippen LogP contribution is -2.31. The lowest BCUT2D eigenvalue weighted by Gasteiger charge is -2.38. The zero-order valence-electron chi connectivity index (χ0n) is 36.3. The van der Waals surface area contributed by atoms with Crippen molar-refractivity contribution < 1.29 is 19.7 Å². The van der Waals surface area contributed by atoms with Crippen molar-refractivity contribution in [1.82, 2.24) is 0 Å². The Morgan fingerprint density at radius 2 is 0.545 bits per heavy atom. The van der Waals surface area contributed by atoms with Gasteiger partial charge in [-0.3, -0.25) is 0 Å². The van der Waals surface area contributed by atoms with Gasteiger partial charge in [0.15, 0.2) is 0 Å². The van der Waals surface area contributed by atoms with Crippen molar-refractivity contribution >= 4 is 21.5 Å². The Hall–Kier alpha value is -7.76. The molecule has 0 saturated heterocycles. The molecule has 2 aliphatic rings. The maximum Gasteiger partial charge on any atom is 0.120 e. The fourth-order valence-electron chi connectivity index (χ4n) is 11.5. The molecule has 0 radical (unpaired) electrons. The SMILES string of the molecule is OCCOc1ccc2cc(C3(c4ccccc4-c4ccccc4C4(c5ccc6cc(OCCO)ccc6c5)c5ccccc5-c5ccccc54)c4ccccc4-c4ccccc43)ccc2c1. The summed E-state index contributed by atoms with van der Waals surface area (Å²) >= 11 is 0. The van der Waals surface area contributed by atoms with Crippen LogP contribution in [0.1, 0.15) is 44.5 Å². The molecule has 66 heavy (non-hydrogen) atoms. The molecule has 4 heteroatoms. The molecule has 0 unspecified atom stereocenters. The molecule has 0 saturated carbocycles. The molecule has 0 amide bonds. The van der Waals surface area contributed by atoms with Crippen molar-refractivity contribution in [2.75, 3.05) is 26.4 Å². The summed E-state index contributed by atoms with van der Waals surface area (Å²) in [5.74, 6) is 1.48. The monoisotopic (exact) mass is 854 g/mol. The molecule has 12 rings (SSSR count). The molecule has 0 fully saturated rings. The Kier molecular flexibility index (Phi) is 9.67. The molecule has 0 spiro atoms. The highest BCUT2D eigenvalue weighted by atomic mass is 16.5. The Morgan fingerprint density at radius 3 is 0.833 bits per heavy atom. The van der Waals surface area contributed by atoms with Gasteiger partial charge in [0.05, 0.1) is 24.0 Å². The molecule has 2 N–H and O–H groups in total. The molecular formula is C62H46O4. The van der Waals surface area contributed by atoms with E-state index in [1.807, 2.05) is 12.1 Å². The number of hydrogen-bond acceptors (Lipinski definition) is 4. The zero-order chi connectivity index (χ0) is 44.2. The molecule has 0 atom stereocenters. The first-order chi connectivity index (χ1) is 32.6. The molecule has 4 nitrogen and oxygen atoms in total. The van der Waals surface area contributed by atoms with Gasteiger partial charge in [0.1, 0.15) is 24.7 Å². The van der Waals surface area contributed by atoms with Gasteiger partial charge in [-0.1, -0.05) is 182 Å². The fourth-order valence-corrected chi connectivity index (χ4v) is 11.5. The molecular weight excluding hydrogens is 809 g/mol. The molecule has 0 aliphatic heterocycles. The Morgan fingerprint density at radius 1 is 0.288 bits per heavy atom. The van der Waals surface area contributed by atoms with Crippen molar-refractivity contribution in [3.05, 3.63) is 263 Å². The summed E-state index contributed by atoms with van der Waals surface area (Å²) in [5, 5.41) is 23.3. The normalized spacial score (nSPS) is 13.8. The van der Waals surface area contributed by atoms with Crippen LogP contribution >= 0.6 is 0 Å². The third-order valence-electron chi connectivity index (χ3n) is 14.1. The molecule has 318 valence electrons. The van der Waals surface area contributed by atoms with E-state index in [0.717, 1.165) is 33.0 Å². The van der Waals surface area contributed by atoms with Gasteiger partial charge in [-0.15, -0.1) is 0 Å². The van der Waals surface area contributed by atoms with Crippen molar-refractivity contribution in [1.29, 1.82) is 0 Å². The molecule has 2 aliphatic carbocycles. The summed E-state index contributed by atoms with van der Waals surface area (Å²) in [5.41, 5.74) is 15.7. The Balaban J connectivity index is 1.15. The third-order valence-corrected chi connectivity index (χ3v) is 14.1. The van der Waals surface area contributed by atoms with Crippen LogP contribution in [0.5, 0.6) is 11.5 Å². The zero-order valence-corrected chi connectivity index (χ0v) is 36.3. The van der Waals surface area contributed by atoms with Crippen LogP contribution in [0.3, 0.4) is 0 Å². The van der Waals surface area contributed by atoms with Gasteiger partial charge in [-0.2, -0.15) is 0 Å². The van der Waals surface area contributed by atoms with E-state index in [9.17, 15) is 10.2 Å². The van der Waals surface area contributed by atoms with Crippen LogP contribution in [0.15, 0.2) is 218 Å². The largest absolute Gasteiger partial charge is 0.491 e. The van der Waals surface area contributed by atoms with E-state index in [4.69, 9.17) is 9.47 Å². The van der Waals surface area contributed by atoms with Crippen molar-refractivity contribution in [3.63, 3.8) is 0 Å². The highest BCUT2D eigenvalue weighted by Gasteiger charge is 2.50. The van der Waals surface area contributed by atoms with Crippen LogP contribution in [0.4, 0.5) is 0 Å². The van der Waals surface area contributed by atoms with Crippen molar-refractivity contribution in [2.24, 2.45) is 0 Å². The van der Waals surface area contributed by atoms with E-state index >= 15 is 0 Å². The van der Waals surface area contributed by atoms with Gasteiger partial charge < -0.3 is 19.7 Å². The molecule has 0 aromatic heterocycles. The topological polar surface area (TPSA) is 58.9 Å². The van der Waals surface area contributed by atoms with Crippen LogP contribution < -0.4 is 9.47 Å². The quantitative estimate of drug-likeness (QED) is 0.136. The van der Waals surface area contributed by atoms with E-state index < -0.39 is 10.8 Å². The number of rotatable bonds is 11. The highest BCUT2D eigenvalue weighted by Crippen LogP contribution is 2.61. The first-order valence-corrected chi connectivity index (χ1v) is 22.8. The minimum atomic E-state index is -0.686. The van der Waals surface area contributed by atoms with E-state index in [2.05, 4.69) is 206 Å². The van der Waals surface area contributed by atoms with Gasteiger partial charge in [-0.25, -0.2) is 0 Å². The Bertz CT molecular complexity index is 3170. The smallest absolute Gasteiger partial charge is 0.120 e. The summed E-state index contributed by atoms with van der Waals surface area (Å²) in [7, 11) is 0. The standard InChI is InChI=1S/C62H46O4/c63-33-35-65-47-31-27-41-37-45(29-25-43(41)39-47)61(55-19-7-1-13-49(55)50-14-2-8-20-56(50)61)59-23-11-5-17-53(59)54-18-6-12-24-60(54)62(57-21-9-3-15-51(57)52-16-4-10-22-58(52)62)46-30-26-44-40-48(66-36-34-64)32-28-42(44)38-46/h1-32,37-40,63-64H,33-36H2. The second-order valence-corrected chi connectivity index (χ2v) is 17.4. The molecule has 0 heterocycles. The van der Waals surface area contributed by atoms with Gasteiger partial charge in [0.2, 0.25) is 0 Å². The first kappa shape index (κ1) is 39.8. The van der Waals surface area contributed by atoms with Crippen LogP contribution in [-0.2, 0) is 10.8 Å². The maximum atomic E-state index is 9.47. The highest BCUT2D eigenvalue weighted by molar-refractivity contribution is 5.95. The van der Waals surface area contributed by atoms with E-state index in [1.165, 1.54) is 77.9 Å². The minimum absolute atomic E-state index is 0.0351. The molecule has 10 aromatic rings. The minimum Gasteiger partial charge on any atom is -0.491 e. The average molecular weight is 855 g/mol. The summed E-state index contributed by atoms with van der Waals surface area (Å²) in [4.78, 5) is 0. The van der Waals surface area contributed by atoms with Gasteiger partial charge in [-0.05, 0) is 136 Å². The van der Waals surface area contributed by atoms with Gasteiger partial charge >= 0.3 is 0 Å². The summed E-state index contributed by atoms with van der Waals surface area (Å²) < 4.78 is 11.7. The van der Waals surface area contributed by atoms with E-state index in [-0.39, 0.29) is 26.4 Å². The summed E-state index contributed by atoms with van der Waals surface area (Å²) in [6.45, 7) is 0.430. The number of aliphatic hydroxyl groups excluding tert-OH is 2.